The van der Waals surface area contributed by atoms with Gasteiger partial charge >= 0.3 is 24.1 Å². The van der Waals surface area contributed by atoms with Crippen LogP contribution in [0.1, 0.15) is 0 Å². The van der Waals surface area contributed by atoms with E-state index in [2.05, 4.69) is 154 Å². The molecule has 4 fully saturated rings. The monoisotopic (exact) mass is 1980 g/mol. The van der Waals surface area contributed by atoms with E-state index in [-0.39, 0.29) is 24.1 Å². The van der Waals surface area contributed by atoms with Crippen LogP contribution >= 0.6 is 0 Å². The molecule has 41 heteroatoms. The molecule has 8 amide bonds. The highest BCUT2D eigenvalue weighted by Gasteiger charge is 2.26. The fraction of sp³-hybridized carbons (Fsp3) is 0.187. The first kappa shape index (κ1) is 95.3. The lowest BCUT2D eigenvalue weighted by Crippen LogP contribution is -2.36. The molecule has 12 N–H and O–H groups in total. The van der Waals surface area contributed by atoms with E-state index < -0.39 is 0 Å². The van der Waals surface area contributed by atoms with Gasteiger partial charge in [-0.15, -0.1) is 0 Å². The molecule has 0 aliphatic carbocycles. The average Bonchev–Trinajstić information content (AvgIpc) is 1.65. The largest absolute Gasteiger partial charge is 0.378 e. The Kier molecular flexibility index (Phi) is 28.3. The Balaban J connectivity index is 0.000000116. The van der Waals surface area contributed by atoms with Gasteiger partial charge in [-0.3, -0.25) is 45.0 Å². The summed E-state index contributed by atoms with van der Waals surface area (Å²) in [5, 5.41) is 42.9. The number of anilines is 12. The van der Waals surface area contributed by atoms with Crippen molar-refractivity contribution in [3.05, 3.63) is 286 Å². The van der Waals surface area contributed by atoms with E-state index >= 15 is 0 Å². The number of carbonyl (C=O) groups is 4. The predicted molar refractivity (Wildman–Crippen MR) is 572 cm³/mol. The molecule has 24 rings (SSSR count). The number of aryl methyl sites for hydroxylation is 4. The van der Waals surface area contributed by atoms with Crippen molar-refractivity contribution < 1.29 is 38.1 Å². The summed E-state index contributed by atoms with van der Waals surface area (Å²) in [5.41, 5.74) is 20.4. The van der Waals surface area contributed by atoms with Crippen molar-refractivity contribution in [1.82, 2.24) is 104 Å². The molecule has 4 aliphatic rings. The molecule has 4 aliphatic heterocycles. The lowest BCUT2D eigenvalue weighted by atomic mass is 10.1. The van der Waals surface area contributed by atoms with Crippen molar-refractivity contribution in [3.63, 3.8) is 0 Å². The van der Waals surface area contributed by atoms with Crippen LogP contribution in [0.15, 0.2) is 286 Å². The molecule has 0 atom stereocenters. The maximum absolute atomic E-state index is 12.6. The number of H-pyrrole nitrogens is 4. The van der Waals surface area contributed by atoms with Crippen molar-refractivity contribution in [2.75, 3.05) is 167 Å². The number of amides is 8. The normalized spacial score (nSPS) is 13.6. The Morgan fingerprint density at radius 1 is 0.291 bits per heavy atom. The maximum atomic E-state index is 12.6. The van der Waals surface area contributed by atoms with Gasteiger partial charge in [-0.25, -0.2) is 59.0 Å². The number of aromatic nitrogens is 21. The first-order chi connectivity index (χ1) is 72.5. The minimum Gasteiger partial charge on any atom is -0.378 e. The minimum atomic E-state index is -0.359. The zero-order chi connectivity index (χ0) is 101. The standard InChI is InChI=1S/C28H27N7O2.C27H26N8O2.2C26H25N9O2/c1-34-26(18-25(33-34)19-5-3-2-4-6-19)32-28(36)30-21-9-7-20(8-10-21)24-17-22-23(31-24)11-12-29-27(22)35-13-15-37-16-14-35;1-34-24(16-23(33-34)18-5-3-2-4-6-18)32-27(36)30-20-9-7-19(8-10-20)22-15-21-25(31-22)28-17-29-26(21)35-11-13-37-14-12-35;1-34-22(16-21(33-34)17-6-9-27-10-7-17)31-26(36)29-19-4-2-18(3-5-19)24-30-20-8-11-28-25(23(20)32-24)35-12-14-37-15-13-35;1-34-21(15-20(33-34)17-5-3-2-4-6-17)30-26(36)29-19-9-7-18(8-10-19)23-31-22-24(32-23)27-16-28-25(22)35-11-13-37-14-12-35/h2-12,17-18,31H,13-16H2,1H3,(H2,30,32,36);2-10,15-17H,11-14H2,1H3,(H,28,29,31)(H2,30,32,36);2-11,16H,12-15H2,1H3,(H,30,32)(H2,29,31,36);2-10,15-16H,11-14H2,1H3,(H2,29,30,36)(H,27,28,31,32). The van der Waals surface area contributed by atoms with E-state index in [0.717, 1.165) is 199 Å². The van der Waals surface area contributed by atoms with Gasteiger partial charge in [0, 0.05) is 203 Å². The van der Waals surface area contributed by atoms with Crippen LogP contribution in [0.3, 0.4) is 0 Å². The number of ether oxygens (including phenoxy) is 4. The number of nitrogens with zero attached hydrogens (tertiary/aromatic N) is 21. The number of pyridine rings is 3. The van der Waals surface area contributed by atoms with Crippen LogP contribution in [-0.4, -0.2) is 233 Å². The highest BCUT2D eigenvalue weighted by Crippen LogP contribution is 2.37. The van der Waals surface area contributed by atoms with E-state index in [0.29, 0.717) is 110 Å². The Morgan fingerprint density at radius 3 is 1.06 bits per heavy atom. The molecule has 41 nitrogen and oxygen atoms in total. The molecule has 20 aromatic rings. The maximum Gasteiger partial charge on any atom is 0.324 e. The number of hydrogen-bond acceptors (Lipinski definition) is 25. The Labute approximate surface area is 847 Å². The molecule has 13 aromatic heterocycles. The molecule has 744 valence electrons. The Bertz CT molecular complexity index is 7090. The Hall–Kier alpha value is -18.9. The summed E-state index contributed by atoms with van der Waals surface area (Å²) in [4.78, 5) is 113. The second-order valence-corrected chi connectivity index (χ2v) is 35.0. The fourth-order valence-electron chi connectivity index (χ4n) is 17.6. The van der Waals surface area contributed by atoms with Crippen LogP contribution in [-0.2, 0) is 47.1 Å². The van der Waals surface area contributed by atoms with Crippen LogP contribution in [0, 0.1) is 0 Å². The van der Waals surface area contributed by atoms with Gasteiger partial charge in [0.1, 0.15) is 75.9 Å². The molecule has 148 heavy (non-hydrogen) atoms. The molecule has 0 radical (unpaired) electrons. The molecule has 7 aromatic carbocycles. The second kappa shape index (κ2) is 43.9. The SMILES string of the molecule is Cn1nc(-c2ccccc2)cc1NC(=O)Nc1ccc(-c2cc3c(N4CCOCC4)nccc3[nH]2)cc1.Cn1nc(-c2ccccc2)cc1NC(=O)Nc1ccc(-c2cc3c(N4CCOCC4)ncnc3[nH]2)cc1.Cn1nc(-c2ccccc2)cc1NC(=O)Nc1ccc(-c2nc3ncnc(N4CCOCC4)c3[nH]2)cc1.Cn1nc(-c2ccncc2)cc1NC(=O)Nc1ccc(-c2nc3c(N4CCOCC4)nccc3[nH]2)cc1. The number of morpholine rings is 4. The third kappa shape index (κ3) is 22.3. The van der Waals surface area contributed by atoms with Crippen molar-refractivity contribution in [2.24, 2.45) is 28.2 Å². The summed E-state index contributed by atoms with van der Waals surface area (Å²) >= 11 is 0. The Morgan fingerprint density at radius 2 is 0.635 bits per heavy atom. The molecular weight excluding hydrogens is 1880 g/mol. The summed E-state index contributed by atoms with van der Waals surface area (Å²) in [5.74, 6) is 7.38. The number of urea groups is 4. The van der Waals surface area contributed by atoms with E-state index in [1.165, 1.54) is 6.33 Å². The van der Waals surface area contributed by atoms with Gasteiger partial charge in [0.25, 0.3) is 0 Å². The smallest absolute Gasteiger partial charge is 0.324 e. The van der Waals surface area contributed by atoms with E-state index in [1.54, 1.807) is 71.8 Å². The van der Waals surface area contributed by atoms with Gasteiger partial charge in [0.15, 0.2) is 17.3 Å². The van der Waals surface area contributed by atoms with Crippen LogP contribution in [0.4, 0.5) is 88.5 Å². The highest BCUT2D eigenvalue weighted by molar-refractivity contribution is 6.04. The third-order valence-corrected chi connectivity index (χ3v) is 25.2. The number of rotatable bonds is 20. The molecule has 0 spiro atoms. The van der Waals surface area contributed by atoms with Gasteiger partial charge in [0.05, 0.1) is 92.1 Å². The lowest BCUT2D eigenvalue weighted by Gasteiger charge is -2.28. The molecule has 0 saturated carbocycles. The van der Waals surface area contributed by atoms with Crippen molar-refractivity contribution in [2.45, 2.75) is 0 Å². The van der Waals surface area contributed by atoms with Crippen molar-refractivity contribution >= 4 is 138 Å². The summed E-state index contributed by atoms with van der Waals surface area (Å²) in [6.45, 7) is 11.9. The topological polar surface area (TPSA) is 465 Å². The van der Waals surface area contributed by atoms with Gasteiger partial charge in [-0.05, 0) is 120 Å². The molecule has 4 saturated heterocycles. The molecular formula is C107H103N33O8. The van der Waals surface area contributed by atoms with Crippen LogP contribution < -0.4 is 62.1 Å². The van der Waals surface area contributed by atoms with Crippen LogP contribution in [0.2, 0.25) is 0 Å². The zero-order valence-electron chi connectivity index (χ0n) is 81.1. The van der Waals surface area contributed by atoms with E-state index in [1.807, 2.05) is 243 Å². The summed E-state index contributed by atoms with van der Waals surface area (Å²) < 4.78 is 28.4. The highest BCUT2D eigenvalue weighted by atomic mass is 16.5. The van der Waals surface area contributed by atoms with Gasteiger partial charge in [-0.2, -0.15) is 20.4 Å². The predicted octanol–water partition coefficient (Wildman–Crippen LogP) is 17.4. The summed E-state index contributed by atoms with van der Waals surface area (Å²) in [7, 11) is 7.17. The quantitative estimate of drug-likeness (QED) is 0.0337. The van der Waals surface area contributed by atoms with Crippen molar-refractivity contribution in [1.29, 1.82) is 0 Å². The number of carbonyl (C=O) groups excluding carboxylic acids is 4. The molecule has 0 unspecified atom stereocenters. The zero-order valence-corrected chi connectivity index (χ0v) is 81.1. The number of fused-ring (bicyclic) bond motifs is 4. The van der Waals surface area contributed by atoms with Gasteiger partial charge in [-0.1, -0.05) is 115 Å². The first-order valence-corrected chi connectivity index (χ1v) is 48.2. The lowest BCUT2D eigenvalue weighted by molar-refractivity contribution is 0.122. The number of hydrogen-bond donors (Lipinski definition) is 12. The summed E-state index contributed by atoms with van der Waals surface area (Å²) in [6, 6.07) is 77.7. The molecule has 17 heterocycles. The van der Waals surface area contributed by atoms with E-state index in [9.17, 15) is 19.2 Å². The number of nitrogens with one attached hydrogen (secondary N) is 12. The fourth-order valence-corrected chi connectivity index (χ4v) is 17.6. The van der Waals surface area contributed by atoms with Gasteiger partial charge < -0.3 is 79.8 Å². The average molecular weight is 1980 g/mol. The van der Waals surface area contributed by atoms with Crippen molar-refractivity contribution in [3.8, 4) is 90.3 Å². The first-order valence-electron chi connectivity index (χ1n) is 48.2. The number of imidazole rings is 2. The summed E-state index contributed by atoms with van der Waals surface area (Å²) in [6.07, 6.45) is 10.2. The minimum absolute atomic E-state index is 0.331. The van der Waals surface area contributed by atoms with Crippen LogP contribution in [0.25, 0.3) is 134 Å². The number of benzene rings is 7. The second-order valence-electron chi connectivity index (χ2n) is 35.0. The number of aromatic amines is 4. The van der Waals surface area contributed by atoms with E-state index in [4.69, 9.17) is 23.9 Å². The third-order valence-electron chi connectivity index (χ3n) is 25.2. The van der Waals surface area contributed by atoms with Crippen LogP contribution in [0.5, 0.6) is 0 Å². The molecule has 0 bridgehead atoms. The van der Waals surface area contributed by atoms with Gasteiger partial charge in [0.2, 0.25) is 0 Å².